The fourth-order valence-electron chi connectivity index (χ4n) is 3.00. The van der Waals surface area contributed by atoms with Gasteiger partial charge in [0, 0.05) is 27.7 Å². The number of hydrogen-bond acceptors (Lipinski definition) is 4. The first-order chi connectivity index (χ1) is 11.1. The van der Waals surface area contributed by atoms with E-state index in [0.29, 0.717) is 12.5 Å². The van der Waals surface area contributed by atoms with Gasteiger partial charge in [-0.2, -0.15) is 0 Å². The summed E-state index contributed by atoms with van der Waals surface area (Å²) in [6.45, 7) is 6.03. The Balaban J connectivity index is 0.00000576. The Hall–Kier alpha value is -1.06. The normalized spacial score (nSPS) is 16.6. The van der Waals surface area contributed by atoms with Gasteiger partial charge in [0.15, 0.2) is 5.96 Å². The summed E-state index contributed by atoms with van der Waals surface area (Å²) >= 11 is 0. The lowest BCUT2D eigenvalue weighted by molar-refractivity contribution is -0.153. The fourth-order valence-corrected chi connectivity index (χ4v) is 3.00. The Kier molecular flexibility index (Phi) is 9.75. The van der Waals surface area contributed by atoms with Gasteiger partial charge >= 0.3 is 5.97 Å². The van der Waals surface area contributed by atoms with E-state index in [1.54, 1.807) is 26.0 Å². The van der Waals surface area contributed by atoms with Gasteiger partial charge in [-0.05, 0) is 33.6 Å². The maximum Gasteiger partial charge on any atom is 0.325 e. The predicted molar refractivity (Wildman–Crippen MR) is 110 cm³/mol. The maximum absolute atomic E-state index is 12.5. The van der Waals surface area contributed by atoms with Gasteiger partial charge in [0.1, 0.15) is 12.1 Å². The van der Waals surface area contributed by atoms with Gasteiger partial charge in [0.2, 0.25) is 5.91 Å². The van der Waals surface area contributed by atoms with Crippen LogP contribution in [0, 0.1) is 5.41 Å². The van der Waals surface area contributed by atoms with E-state index in [0.717, 1.165) is 25.7 Å². The minimum atomic E-state index is -0.512. The summed E-state index contributed by atoms with van der Waals surface area (Å²) in [6, 6.07) is 0. The molecule has 1 aliphatic rings. The summed E-state index contributed by atoms with van der Waals surface area (Å²) in [6.07, 6.45) is 3.87. The minimum absolute atomic E-state index is 0. The molecule has 146 valence electrons. The number of hydrogen-bond donors (Lipinski definition) is 2. The highest BCUT2D eigenvalue weighted by Gasteiger charge is 2.42. The lowest BCUT2D eigenvalue weighted by Crippen LogP contribution is -2.50. The Morgan fingerprint density at radius 1 is 1.16 bits per heavy atom. The molecule has 1 rings (SSSR count). The number of ether oxygens (including phenoxy) is 1. The number of guanidine groups is 1. The van der Waals surface area contributed by atoms with Crippen molar-refractivity contribution in [3.8, 4) is 0 Å². The van der Waals surface area contributed by atoms with Crippen LogP contribution in [0.25, 0.3) is 0 Å². The molecule has 0 aromatic carbocycles. The number of nitrogens with zero attached hydrogens (tertiary/aromatic N) is 2. The molecule has 0 heterocycles. The van der Waals surface area contributed by atoms with Crippen molar-refractivity contribution in [2.45, 2.75) is 52.1 Å². The Morgan fingerprint density at radius 2 is 1.72 bits per heavy atom. The highest BCUT2D eigenvalue weighted by molar-refractivity contribution is 14.0. The topological polar surface area (TPSA) is 83.0 Å². The zero-order chi connectivity index (χ0) is 18.4. The van der Waals surface area contributed by atoms with E-state index in [9.17, 15) is 9.59 Å². The number of aliphatic imine (C=N–C) groups is 1. The summed E-state index contributed by atoms with van der Waals surface area (Å²) in [5, 5.41) is 6.13. The second kappa shape index (κ2) is 10.2. The second-order valence-corrected chi connectivity index (χ2v) is 7.55. The number of rotatable bonds is 5. The van der Waals surface area contributed by atoms with Gasteiger partial charge in [0.25, 0.3) is 0 Å². The monoisotopic (exact) mass is 468 g/mol. The fraction of sp³-hybridized carbons (Fsp3) is 0.824. The minimum Gasteiger partial charge on any atom is -0.459 e. The standard InChI is InChI=1S/C17H32N4O3.HI/c1-16(2,3)24-13(22)11-19-15(18-4)20-12-17(9-7-8-10-17)14(23)21(5)6;/h7-12H2,1-6H3,(H2,18,19,20);1H. The lowest BCUT2D eigenvalue weighted by atomic mass is 9.84. The lowest BCUT2D eigenvalue weighted by Gasteiger charge is -2.31. The largest absolute Gasteiger partial charge is 0.459 e. The van der Waals surface area contributed by atoms with Crippen LogP contribution < -0.4 is 10.6 Å². The average molecular weight is 468 g/mol. The van der Waals surface area contributed by atoms with Gasteiger partial charge in [0.05, 0.1) is 5.41 Å². The van der Waals surface area contributed by atoms with Gasteiger partial charge in [-0.3, -0.25) is 14.6 Å². The van der Waals surface area contributed by atoms with Crippen LogP contribution in [-0.2, 0) is 14.3 Å². The molecule has 0 aromatic rings. The molecule has 0 radical (unpaired) electrons. The van der Waals surface area contributed by atoms with Crippen LogP contribution >= 0.6 is 24.0 Å². The van der Waals surface area contributed by atoms with Crippen molar-refractivity contribution in [2.24, 2.45) is 10.4 Å². The zero-order valence-corrected chi connectivity index (χ0v) is 18.6. The van der Waals surface area contributed by atoms with Gasteiger partial charge in [-0.25, -0.2) is 0 Å². The molecule has 0 aliphatic heterocycles. The zero-order valence-electron chi connectivity index (χ0n) is 16.3. The van der Waals surface area contributed by atoms with Crippen molar-refractivity contribution in [3.63, 3.8) is 0 Å². The third-order valence-electron chi connectivity index (χ3n) is 4.06. The number of carbonyl (C=O) groups is 2. The molecule has 0 unspecified atom stereocenters. The molecule has 1 fully saturated rings. The first kappa shape index (κ1) is 23.9. The number of halogens is 1. The molecule has 25 heavy (non-hydrogen) atoms. The van der Waals surface area contributed by atoms with E-state index < -0.39 is 5.60 Å². The van der Waals surface area contributed by atoms with Crippen molar-refractivity contribution in [1.82, 2.24) is 15.5 Å². The molecule has 0 bridgehead atoms. The first-order valence-corrected chi connectivity index (χ1v) is 8.48. The van der Waals surface area contributed by atoms with Crippen molar-refractivity contribution in [2.75, 3.05) is 34.2 Å². The average Bonchev–Trinajstić information content (AvgIpc) is 2.94. The summed E-state index contributed by atoms with van der Waals surface area (Å²) < 4.78 is 5.26. The third kappa shape index (κ3) is 7.79. The summed E-state index contributed by atoms with van der Waals surface area (Å²) in [5.74, 6) is 0.305. The van der Waals surface area contributed by atoms with Crippen LogP contribution in [0.3, 0.4) is 0 Å². The Labute approximate surface area is 168 Å². The number of nitrogens with one attached hydrogen (secondary N) is 2. The van der Waals surface area contributed by atoms with Crippen LogP contribution in [0.15, 0.2) is 4.99 Å². The van der Waals surface area contributed by atoms with Crippen LogP contribution in [0.2, 0.25) is 0 Å². The summed E-state index contributed by atoms with van der Waals surface area (Å²) in [4.78, 5) is 30.1. The number of esters is 1. The van der Waals surface area contributed by atoms with Crippen molar-refractivity contribution in [1.29, 1.82) is 0 Å². The summed E-state index contributed by atoms with van der Waals surface area (Å²) in [5.41, 5.74) is -0.894. The molecule has 1 saturated carbocycles. The van der Waals surface area contributed by atoms with Crippen LogP contribution in [0.5, 0.6) is 0 Å². The maximum atomic E-state index is 12.5. The van der Waals surface area contributed by atoms with Crippen LogP contribution in [0.4, 0.5) is 0 Å². The van der Waals surface area contributed by atoms with E-state index in [1.165, 1.54) is 0 Å². The third-order valence-corrected chi connectivity index (χ3v) is 4.06. The van der Waals surface area contributed by atoms with Crippen LogP contribution in [0.1, 0.15) is 46.5 Å². The molecule has 1 amide bonds. The van der Waals surface area contributed by atoms with Gasteiger partial charge in [-0.15, -0.1) is 24.0 Å². The van der Waals surface area contributed by atoms with Crippen molar-refractivity contribution in [3.05, 3.63) is 0 Å². The molecular weight excluding hydrogens is 435 g/mol. The molecule has 0 spiro atoms. The van der Waals surface area contributed by atoms with E-state index in [2.05, 4.69) is 15.6 Å². The summed E-state index contributed by atoms with van der Waals surface area (Å²) in [7, 11) is 5.22. The number of amides is 1. The molecule has 7 nitrogen and oxygen atoms in total. The molecule has 0 atom stereocenters. The molecule has 2 N–H and O–H groups in total. The van der Waals surface area contributed by atoms with Crippen molar-refractivity contribution < 1.29 is 14.3 Å². The smallest absolute Gasteiger partial charge is 0.325 e. The van der Waals surface area contributed by atoms with Crippen LogP contribution in [-0.4, -0.2) is 62.6 Å². The Morgan fingerprint density at radius 3 is 2.16 bits per heavy atom. The van der Waals surface area contributed by atoms with Gasteiger partial charge in [-0.1, -0.05) is 12.8 Å². The van der Waals surface area contributed by atoms with Gasteiger partial charge < -0.3 is 20.3 Å². The van der Waals surface area contributed by atoms with E-state index >= 15 is 0 Å². The number of carbonyl (C=O) groups excluding carboxylic acids is 2. The first-order valence-electron chi connectivity index (χ1n) is 8.48. The Bertz CT molecular complexity index is 481. The SMILES string of the molecule is CN=C(NCC(=O)OC(C)(C)C)NCC1(C(=O)N(C)C)CCCC1.I. The molecule has 0 aromatic heterocycles. The molecule has 8 heteroatoms. The highest BCUT2D eigenvalue weighted by Crippen LogP contribution is 2.38. The molecule has 1 aliphatic carbocycles. The highest BCUT2D eigenvalue weighted by atomic mass is 127. The quantitative estimate of drug-likeness (QED) is 0.278. The van der Waals surface area contributed by atoms with E-state index in [4.69, 9.17) is 4.74 Å². The molecule has 0 saturated heterocycles. The molecular formula is C17H33IN4O3. The second-order valence-electron chi connectivity index (χ2n) is 7.55. The van der Waals surface area contributed by atoms with E-state index in [-0.39, 0.29) is 47.8 Å². The van der Waals surface area contributed by atoms with E-state index in [1.807, 2.05) is 20.8 Å². The predicted octanol–water partition coefficient (Wildman–Crippen LogP) is 1.76. The van der Waals surface area contributed by atoms with Crippen molar-refractivity contribution >= 4 is 41.8 Å².